The Morgan fingerprint density at radius 1 is 1.35 bits per heavy atom. The van der Waals surface area contributed by atoms with E-state index in [4.69, 9.17) is 4.74 Å². The fourth-order valence-electron chi connectivity index (χ4n) is 4.47. The molecule has 1 unspecified atom stereocenters. The summed E-state index contributed by atoms with van der Waals surface area (Å²) in [6, 6.07) is 2.23. The zero-order valence-corrected chi connectivity index (χ0v) is 18.8. The minimum Gasteiger partial charge on any atom is -0.449 e. The van der Waals surface area contributed by atoms with E-state index in [0.717, 1.165) is 42.2 Å². The van der Waals surface area contributed by atoms with E-state index in [1.54, 1.807) is 12.4 Å². The Labute approximate surface area is 183 Å². The van der Waals surface area contributed by atoms with Crippen molar-refractivity contribution in [1.29, 1.82) is 0 Å². The standard InChI is InChI=1S/C23H34N6O2/c1-4-5-6-7-15(2)14-31-23(30)27-22-18-12-26-21-17(9-11-25-21)20(18)29(28-22)19-13-24-10-8-16(19)3/h9,11-12,15-16,19,24,28H,4-8,10,13-14H2,1-3H3,(H,27,30)/t15?,16-,19+/m1/s1. The molecule has 0 saturated carbocycles. The highest BCUT2D eigenvalue weighted by Gasteiger charge is 2.27. The summed E-state index contributed by atoms with van der Waals surface area (Å²) in [5, 5.41) is 11.7. The number of H-pyrrole nitrogens is 1. The van der Waals surface area contributed by atoms with Crippen LogP contribution < -0.4 is 10.6 Å². The average molecular weight is 427 g/mol. The van der Waals surface area contributed by atoms with Gasteiger partial charge in [0.2, 0.25) is 0 Å². The Morgan fingerprint density at radius 2 is 2.23 bits per heavy atom. The number of unbranched alkanes of at least 4 members (excludes halogenated alkanes) is 2. The van der Waals surface area contributed by atoms with Crippen LogP contribution in [-0.4, -0.2) is 45.5 Å². The van der Waals surface area contributed by atoms with Gasteiger partial charge in [0.25, 0.3) is 0 Å². The first-order valence-corrected chi connectivity index (χ1v) is 11.6. The van der Waals surface area contributed by atoms with Crippen LogP contribution in [0.25, 0.3) is 21.9 Å². The number of aromatic amines is 1. The summed E-state index contributed by atoms with van der Waals surface area (Å²) in [6.45, 7) is 8.92. The molecule has 0 aromatic carbocycles. The number of hydrogen-bond acceptors (Lipinski definition) is 5. The van der Waals surface area contributed by atoms with Crippen LogP contribution in [0, 0.1) is 11.8 Å². The largest absolute Gasteiger partial charge is 0.449 e. The van der Waals surface area contributed by atoms with E-state index in [9.17, 15) is 4.79 Å². The van der Waals surface area contributed by atoms with Crippen molar-refractivity contribution in [3.8, 4) is 0 Å². The summed E-state index contributed by atoms with van der Waals surface area (Å²) in [7, 11) is 0. The molecule has 1 aliphatic rings. The summed E-state index contributed by atoms with van der Waals surface area (Å²) in [5.74, 6) is 1.48. The Bertz CT molecular complexity index is 1030. The predicted octanol–water partition coefficient (Wildman–Crippen LogP) is 4.85. The van der Waals surface area contributed by atoms with Gasteiger partial charge in [0, 0.05) is 24.3 Å². The fraction of sp³-hybridized carbons (Fsp3) is 0.609. The third-order valence-corrected chi connectivity index (χ3v) is 6.39. The van der Waals surface area contributed by atoms with E-state index in [1.807, 2.05) is 6.07 Å². The molecule has 3 atom stereocenters. The van der Waals surface area contributed by atoms with Gasteiger partial charge >= 0.3 is 6.09 Å². The molecule has 168 valence electrons. The number of carbonyl (C=O) groups is 1. The van der Waals surface area contributed by atoms with E-state index in [2.05, 4.69) is 51.2 Å². The molecular weight excluding hydrogens is 392 g/mol. The van der Waals surface area contributed by atoms with Gasteiger partial charge < -0.3 is 10.1 Å². The van der Waals surface area contributed by atoms with E-state index >= 15 is 0 Å². The molecule has 1 amide bonds. The normalized spacial score (nSPS) is 20.2. The van der Waals surface area contributed by atoms with Crippen LogP contribution in [-0.2, 0) is 4.74 Å². The van der Waals surface area contributed by atoms with E-state index in [1.165, 1.54) is 19.3 Å². The monoisotopic (exact) mass is 426 g/mol. The summed E-state index contributed by atoms with van der Waals surface area (Å²) < 4.78 is 7.68. The van der Waals surface area contributed by atoms with Crippen molar-refractivity contribution in [3.05, 3.63) is 18.5 Å². The zero-order chi connectivity index (χ0) is 21.8. The number of fused-ring (bicyclic) bond motifs is 3. The van der Waals surface area contributed by atoms with Crippen molar-refractivity contribution in [3.63, 3.8) is 0 Å². The Morgan fingerprint density at radius 3 is 3.03 bits per heavy atom. The highest BCUT2D eigenvalue weighted by molar-refractivity contribution is 6.08. The van der Waals surface area contributed by atoms with Gasteiger partial charge in [0.15, 0.2) is 5.65 Å². The molecule has 8 heteroatoms. The first-order valence-electron chi connectivity index (χ1n) is 11.6. The maximum atomic E-state index is 12.5. The summed E-state index contributed by atoms with van der Waals surface area (Å²) in [5.41, 5.74) is 1.73. The number of anilines is 1. The number of piperidine rings is 1. The van der Waals surface area contributed by atoms with Crippen LogP contribution in [0.5, 0.6) is 0 Å². The lowest BCUT2D eigenvalue weighted by atomic mass is 9.95. The average Bonchev–Trinajstić information content (AvgIpc) is 3.37. The molecule has 8 nitrogen and oxygen atoms in total. The van der Waals surface area contributed by atoms with Crippen molar-refractivity contribution in [2.75, 3.05) is 25.0 Å². The number of nitrogens with one attached hydrogen (secondary N) is 3. The van der Waals surface area contributed by atoms with Crippen molar-refractivity contribution >= 4 is 33.8 Å². The smallest absolute Gasteiger partial charge is 0.412 e. The Balaban J connectivity index is 1.56. The molecular formula is C23H34N6O2. The van der Waals surface area contributed by atoms with Gasteiger partial charge in [-0.25, -0.2) is 14.8 Å². The topological polar surface area (TPSA) is 96.9 Å². The zero-order valence-electron chi connectivity index (χ0n) is 18.8. The number of carbonyl (C=O) groups excluding carboxylic acids is 1. The molecule has 31 heavy (non-hydrogen) atoms. The summed E-state index contributed by atoms with van der Waals surface area (Å²) >= 11 is 0. The molecule has 1 fully saturated rings. The Kier molecular flexibility index (Phi) is 6.75. The molecule has 3 N–H and O–H groups in total. The van der Waals surface area contributed by atoms with Crippen molar-refractivity contribution < 1.29 is 9.53 Å². The fourth-order valence-corrected chi connectivity index (χ4v) is 4.47. The second-order valence-corrected chi connectivity index (χ2v) is 8.92. The van der Waals surface area contributed by atoms with Crippen LogP contribution in [0.4, 0.5) is 10.6 Å². The molecule has 1 saturated heterocycles. The molecule has 4 heterocycles. The molecule has 3 aromatic rings. The highest BCUT2D eigenvalue weighted by Crippen LogP contribution is 2.34. The molecule has 3 aromatic heterocycles. The van der Waals surface area contributed by atoms with E-state index in [0.29, 0.717) is 29.9 Å². The number of aromatic nitrogens is 4. The van der Waals surface area contributed by atoms with Crippen LogP contribution >= 0.6 is 0 Å². The first kappa shape index (κ1) is 21.6. The van der Waals surface area contributed by atoms with Crippen molar-refractivity contribution in [2.24, 2.45) is 11.8 Å². The van der Waals surface area contributed by atoms with Gasteiger partial charge in [0.1, 0.15) is 5.82 Å². The minimum atomic E-state index is -0.437. The number of nitrogens with zero attached hydrogens (tertiary/aromatic N) is 3. The summed E-state index contributed by atoms with van der Waals surface area (Å²) in [4.78, 5) is 21.4. The third-order valence-electron chi connectivity index (χ3n) is 6.39. The lowest BCUT2D eigenvalue weighted by Gasteiger charge is -2.31. The third kappa shape index (κ3) is 4.69. The minimum absolute atomic E-state index is 0.252. The lowest BCUT2D eigenvalue weighted by molar-refractivity contribution is 0.141. The SMILES string of the molecule is CCCCCC(C)COC(=O)Nc1[nH]n([C@H]2CNCC[C@H]2C)c2c1cnc1nccc12. The van der Waals surface area contributed by atoms with Crippen LogP contribution in [0.2, 0.25) is 0 Å². The van der Waals surface area contributed by atoms with Gasteiger partial charge in [-0.1, -0.05) is 40.0 Å². The molecule has 0 aliphatic carbocycles. The molecule has 1 aliphatic heterocycles. The molecule has 0 spiro atoms. The number of rotatable bonds is 8. The van der Waals surface area contributed by atoms with Gasteiger partial charge in [-0.3, -0.25) is 15.1 Å². The Hall–Kier alpha value is -2.61. The maximum Gasteiger partial charge on any atom is 0.412 e. The first-order chi connectivity index (χ1) is 15.1. The molecule has 4 rings (SSSR count). The number of hydrogen-bond donors (Lipinski definition) is 3. The molecule has 0 radical (unpaired) electrons. The van der Waals surface area contributed by atoms with Crippen LogP contribution in [0.3, 0.4) is 0 Å². The number of ether oxygens (including phenoxy) is 1. The maximum absolute atomic E-state index is 12.5. The second-order valence-electron chi connectivity index (χ2n) is 8.92. The van der Waals surface area contributed by atoms with E-state index < -0.39 is 6.09 Å². The lowest BCUT2D eigenvalue weighted by Crippen LogP contribution is -2.37. The van der Waals surface area contributed by atoms with Crippen molar-refractivity contribution in [2.45, 2.75) is 58.9 Å². The second kappa shape index (κ2) is 9.68. The van der Waals surface area contributed by atoms with Gasteiger partial charge in [-0.2, -0.15) is 0 Å². The van der Waals surface area contributed by atoms with Gasteiger partial charge in [0.05, 0.1) is 23.6 Å². The number of amides is 1. The predicted molar refractivity (Wildman–Crippen MR) is 123 cm³/mol. The highest BCUT2D eigenvalue weighted by atomic mass is 16.5. The summed E-state index contributed by atoms with van der Waals surface area (Å²) in [6.07, 6.45) is 8.89. The van der Waals surface area contributed by atoms with Crippen molar-refractivity contribution in [1.82, 2.24) is 25.1 Å². The van der Waals surface area contributed by atoms with Crippen LogP contribution in [0.15, 0.2) is 18.5 Å². The molecule has 0 bridgehead atoms. The van der Waals surface area contributed by atoms with Crippen LogP contribution in [0.1, 0.15) is 58.9 Å². The number of pyridine rings is 1. The van der Waals surface area contributed by atoms with Gasteiger partial charge in [-0.15, -0.1) is 0 Å². The van der Waals surface area contributed by atoms with Gasteiger partial charge in [-0.05, 0) is 37.3 Å². The van der Waals surface area contributed by atoms with E-state index in [-0.39, 0.29) is 6.04 Å². The quantitative estimate of drug-likeness (QED) is 0.448.